The Morgan fingerprint density at radius 3 is 2.65 bits per heavy atom. The molecule has 14 heteroatoms. The van der Waals surface area contributed by atoms with E-state index in [0.29, 0.717) is 29.0 Å². The van der Waals surface area contributed by atoms with E-state index < -0.39 is 35.3 Å². The van der Waals surface area contributed by atoms with Crippen LogP contribution in [-0.2, 0) is 55.5 Å². The number of pyridine rings is 2. The summed E-state index contributed by atoms with van der Waals surface area (Å²) >= 11 is 1.59. The maximum absolute atomic E-state index is 13.7. The van der Waals surface area contributed by atoms with E-state index in [0.717, 1.165) is 32.7 Å². The number of thioether (sulfide) groups is 1. The lowest BCUT2D eigenvalue weighted by atomic mass is 9.86. The average Bonchev–Trinajstić information content (AvgIpc) is 3.49. The minimum Gasteiger partial charge on any atom is -0.458 e. The van der Waals surface area contributed by atoms with Gasteiger partial charge in [0.05, 0.1) is 47.8 Å². The molecule has 13 nitrogen and oxygen atoms in total. The standard InChI is InChI=1S/C35H34N6O7S/c1-2-35(47)22-13-26-30-20(16-41(26)33(45)21(22)17-48-34(35)46)19-10-11-49-31-24(9-8-23(40-30)29(19)31)38-28(43)15-37-32(44)25(39-27(42)14-36)12-18-6-4-3-5-7-18/h3-9,13,25,47H,2,10-12,14-17,36H2,1H3,(H,37,44)(H,38,43)(H,39,42)/t25-,35-/m0/s1. The van der Waals surface area contributed by atoms with Gasteiger partial charge in [0.2, 0.25) is 17.7 Å². The van der Waals surface area contributed by atoms with Gasteiger partial charge in [-0.2, -0.15) is 0 Å². The number of aromatic nitrogens is 2. The average molecular weight is 683 g/mol. The number of aryl methyl sites for hydroxylation is 1. The molecule has 0 aliphatic carbocycles. The first-order valence-electron chi connectivity index (χ1n) is 16.0. The summed E-state index contributed by atoms with van der Waals surface area (Å²) in [4.78, 5) is 70.2. The molecule has 252 valence electrons. The molecule has 3 amide bonds. The second kappa shape index (κ2) is 12.8. The lowest BCUT2D eigenvalue weighted by molar-refractivity contribution is -0.172. The van der Waals surface area contributed by atoms with Crippen LogP contribution in [-0.4, -0.2) is 63.2 Å². The number of hydrogen-bond acceptors (Lipinski definition) is 10. The lowest BCUT2D eigenvalue weighted by Crippen LogP contribution is -2.50. The number of nitrogens with two attached hydrogens (primary N) is 1. The minimum absolute atomic E-state index is 0.0584. The molecular formula is C35H34N6O7S. The van der Waals surface area contributed by atoms with Crippen molar-refractivity contribution in [3.63, 3.8) is 0 Å². The highest BCUT2D eigenvalue weighted by molar-refractivity contribution is 7.99. The van der Waals surface area contributed by atoms with Crippen molar-refractivity contribution in [1.82, 2.24) is 20.2 Å². The predicted octanol–water partition coefficient (Wildman–Crippen LogP) is 1.47. The van der Waals surface area contributed by atoms with E-state index in [2.05, 4.69) is 16.0 Å². The summed E-state index contributed by atoms with van der Waals surface area (Å²) in [5.74, 6) is -1.49. The molecule has 0 fully saturated rings. The highest BCUT2D eigenvalue weighted by Gasteiger charge is 2.45. The molecule has 3 aliphatic rings. The lowest BCUT2D eigenvalue weighted by Gasteiger charge is -2.31. The summed E-state index contributed by atoms with van der Waals surface area (Å²) in [6.45, 7) is 1.16. The van der Waals surface area contributed by atoms with Crippen LogP contribution in [0.3, 0.4) is 0 Å². The molecule has 2 aromatic heterocycles. The van der Waals surface area contributed by atoms with Crippen molar-refractivity contribution in [3.8, 4) is 11.4 Å². The number of esters is 1. The fourth-order valence-corrected chi connectivity index (χ4v) is 7.97. The fraction of sp³-hybridized carbons (Fsp3) is 0.314. The van der Waals surface area contributed by atoms with Gasteiger partial charge in [-0.3, -0.25) is 19.2 Å². The van der Waals surface area contributed by atoms with Gasteiger partial charge in [0, 0.05) is 33.6 Å². The Balaban J connectivity index is 1.15. The molecule has 6 N–H and O–H groups in total. The van der Waals surface area contributed by atoms with E-state index in [9.17, 15) is 29.1 Å². The normalized spacial score (nSPS) is 17.7. The number of aliphatic hydroxyl groups is 1. The van der Waals surface area contributed by atoms with Gasteiger partial charge in [-0.1, -0.05) is 37.3 Å². The number of carbonyl (C=O) groups is 4. The number of nitrogens with one attached hydrogen (secondary N) is 3. The Morgan fingerprint density at radius 1 is 1.10 bits per heavy atom. The van der Waals surface area contributed by atoms with Gasteiger partial charge in [0.25, 0.3) is 5.56 Å². The second-order valence-electron chi connectivity index (χ2n) is 12.2. The summed E-state index contributed by atoms with van der Waals surface area (Å²) in [5, 5.41) is 20.3. The van der Waals surface area contributed by atoms with Gasteiger partial charge in [0.15, 0.2) is 5.60 Å². The van der Waals surface area contributed by atoms with Crippen molar-refractivity contribution in [2.24, 2.45) is 5.73 Å². The SMILES string of the molecule is CC[C@@]1(O)C(=O)OCc2c1cc1n(c2=O)Cc2c-1nc1ccc(NC(=O)CNC(=O)[C@H](Cc3ccccc3)NC(=O)CN)c3c1c2CCS3. The third kappa shape index (κ3) is 5.65. The molecule has 0 saturated heterocycles. The topological polar surface area (TPSA) is 195 Å². The number of nitrogens with zero attached hydrogens (tertiary/aromatic N) is 2. The van der Waals surface area contributed by atoms with E-state index >= 15 is 0 Å². The first-order chi connectivity index (χ1) is 23.6. The van der Waals surface area contributed by atoms with Crippen LogP contribution in [0, 0.1) is 0 Å². The largest absolute Gasteiger partial charge is 0.458 e. The third-order valence-corrected chi connectivity index (χ3v) is 10.5. The van der Waals surface area contributed by atoms with E-state index in [4.69, 9.17) is 15.5 Å². The number of rotatable bonds is 9. The summed E-state index contributed by atoms with van der Waals surface area (Å²) in [6, 6.07) is 13.6. The van der Waals surface area contributed by atoms with E-state index in [1.165, 1.54) is 0 Å². The highest BCUT2D eigenvalue weighted by Crippen LogP contribution is 2.46. The van der Waals surface area contributed by atoms with Crippen LogP contribution in [0.15, 0.2) is 58.2 Å². The highest BCUT2D eigenvalue weighted by atomic mass is 32.2. The quantitative estimate of drug-likeness (QED) is 0.142. The molecule has 2 aromatic carbocycles. The molecule has 0 spiro atoms. The fourth-order valence-electron chi connectivity index (χ4n) is 6.81. The molecule has 3 aliphatic heterocycles. The van der Waals surface area contributed by atoms with Crippen LogP contribution in [0.5, 0.6) is 0 Å². The molecule has 0 bridgehead atoms. The van der Waals surface area contributed by atoms with Gasteiger partial charge in [-0.25, -0.2) is 9.78 Å². The number of amides is 3. The van der Waals surface area contributed by atoms with Gasteiger partial charge >= 0.3 is 5.97 Å². The van der Waals surface area contributed by atoms with Crippen LogP contribution >= 0.6 is 11.8 Å². The molecule has 0 radical (unpaired) electrons. The van der Waals surface area contributed by atoms with Crippen LogP contribution in [0.1, 0.15) is 41.2 Å². The third-order valence-electron chi connectivity index (χ3n) is 9.34. The van der Waals surface area contributed by atoms with Crippen LogP contribution in [0.4, 0.5) is 5.69 Å². The molecule has 4 aromatic rings. The van der Waals surface area contributed by atoms with Gasteiger partial charge in [-0.15, -0.1) is 11.8 Å². The summed E-state index contributed by atoms with van der Waals surface area (Å²) in [7, 11) is 0. The van der Waals surface area contributed by atoms with Crippen molar-refractivity contribution in [3.05, 3.63) is 86.7 Å². The van der Waals surface area contributed by atoms with Crippen molar-refractivity contribution >= 4 is 52.0 Å². The summed E-state index contributed by atoms with van der Waals surface area (Å²) < 4.78 is 6.81. The summed E-state index contributed by atoms with van der Waals surface area (Å²) in [6.07, 6.45) is 1.01. The summed E-state index contributed by atoms with van der Waals surface area (Å²) in [5.41, 5.74) is 8.93. The van der Waals surface area contributed by atoms with Crippen molar-refractivity contribution < 1.29 is 29.0 Å². The zero-order chi connectivity index (χ0) is 34.4. The van der Waals surface area contributed by atoms with Crippen molar-refractivity contribution in [2.45, 2.75) is 55.9 Å². The molecule has 7 rings (SSSR count). The minimum atomic E-state index is -1.91. The Morgan fingerprint density at radius 2 is 1.90 bits per heavy atom. The number of cyclic esters (lactones) is 1. The molecule has 2 atom stereocenters. The number of anilines is 1. The van der Waals surface area contributed by atoms with E-state index in [1.54, 1.807) is 41.5 Å². The Bertz CT molecular complexity index is 2120. The zero-order valence-corrected chi connectivity index (χ0v) is 27.4. The number of benzene rings is 2. The number of hydrogen-bond donors (Lipinski definition) is 5. The molecule has 5 heterocycles. The predicted molar refractivity (Wildman–Crippen MR) is 182 cm³/mol. The van der Waals surface area contributed by atoms with Crippen LogP contribution in [0.2, 0.25) is 0 Å². The van der Waals surface area contributed by atoms with E-state index in [1.807, 2.05) is 30.3 Å². The molecule has 0 saturated carbocycles. The Kier molecular flexibility index (Phi) is 8.47. The van der Waals surface area contributed by atoms with Crippen LogP contribution in [0.25, 0.3) is 22.3 Å². The smallest absolute Gasteiger partial charge is 0.343 e. The van der Waals surface area contributed by atoms with Crippen molar-refractivity contribution in [2.75, 3.05) is 24.2 Å². The molecular weight excluding hydrogens is 648 g/mol. The van der Waals surface area contributed by atoms with Gasteiger partial charge < -0.3 is 36.1 Å². The van der Waals surface area contributed by atoms with Gasteiger partial charge in [-0.05, 0) is 42.2 Å². The molecule has 49 heavy (non-hydrogen) atoms. The Hall–Kier alpha value is -5.05. The maximum Gasteiger partial charge on any atom is 0.343 e. The second-order valence-corrected chi connectivity index (χ2v) is 13.3. The van der Waals surface area contributed by atoms with Crippen molar-refractivity contribution in [1.29, 1.82) is 0 Å². The van der Waals surface area contributed by atoms with E-state index in [-0.39, 0.29) is 55.8 Å². The number of fused-ring (bicyclic) bond motifs is 5. The van der Waals surface area contributed by atoms with Gasteiger partial charge in [0.1, 0.15) is 12.6 Å². The number of carbonyl (C=O) groups excluding carboxylic acids is 4. The Labute approximate surface area is 284 Å². The maximum atomic E-state index is 13.7. The van der Waals surface area contributed by atoms with Crippen LogP contribution < -0.4 is 27.2 Å². The first-order valence-corrected chi connectivity index (χ1v) is 17.0. The first kappa shape index (κ1) is 32.5. The molecule has 0 unspecified atom stereocenters. The monoisotopic (exact) mass is 682 g/mol. The number of ether oxygens (including phenoxy) is 1. The zero-order valence-electron chi connectivity index (χ0n) is 26.6.